The molecule has 2 aromatic heterocycles. The van der Waals surface area contributed by atoms with Crippen molar-refractivity contribution in [3.05, 3.63) is 53.2 Å². The average Bonchev–Trinajstić information content (AvgIpc) is 2.71. The van der Waals surface area contributed by atoms with Crippen molar-refractivity contribution < 1.29 is 0 Å². The molecule has 4 heteroatoms. The third-order valence-corrected chi connectivity index (χ3v) is 2.88. The monoisotopic (exact) mass is 243 g/mol. The Bertz CT molecular complexity index is 688. The number of rotatable bonds is 1. The summed E-state index contributed by atoms with van der Waals surface area (Å²) in [7, 11) is 0. The molecule has 17 heavy (non-hydrogen) atoms. The van der Waals surface area contributed by atoms with Gasteiger partial charge in [-0.25, -0.2) is 0 Å². The molecule has 0 aliphatic rings. The van der Waals surface area contributed by atoms with Crippen molar-refractivity contribution in [3.63, 3.8) is 0 Å². The number of halogens is 1. The van der Waals surface area contributed by atoms with Gasteiger partial charge in [-0.05, 0) is 19.1 Å². The molecule has 2 heterocycles. The lowest BCUT2D eigenvalue weighted by molar-refractivity contribution is 1.11. The van der Waals surface area contributed by atoms with Crippen LogP contribution in [0.25, 0.3) is 17.0 Å². The van der Waals surface area contributed by atoms with Gasteiger partial charge in [0, 0.05) is 22.8 Å². The molecular formula is C13H10ClN3. The van der Waals surface area contributed by atoms with Crippen molar-refractivity contribution in [1.82, 2.24) is 14.6 Å². The number of benzene rings is 1. The van der Waals surface area contributed by atoms with E-state index in [0.717, 1.165) is 17.0 Å². The van der Waals surface area contributed by atoms with Gasteiger partial charge in [0.25, 0.3) is 0 Å². The summed E-state index contributed by atoms with van der Waals surface area (Å²) >= 11 is 5.92. The summed E-state index contributed by atoms with van der Waals surface area (Å²) in [5.74, 6) is 0.834. The van der Waals surface area contributed by atoms with E-state index in [2.05, 4.69) is 29.3 Å². The molecule has 0 N–H and O–H groups in total. The second-order valence-electron chi connectivity index (χ2n) is 3.97. The highest BCUT2D eigenvalue weighted by atomic mass is 35.5. The molecule has 0 fully saturated rings. The summed E-state index contributed by atoms with van der Waals surface area (Å²) in [6.45, 7) is 2.06. The van der Waals surface area contributed by atoms with Crippen LogP contribution in [0.1, 0.15) is 5.56 Å². The molecular weight excluding hydrogens is 234 g/mol. The van der Waals surface area contributed by atoms with Gasteiger partial charge in [-0.2, -0.15) is 0 Å². The number of aromatic nitrogens is 3. The molecule has 0 spiro atoms. The molecule has 1 aromatic carbocycles. The zero-order valence-electron chi connectivity index (χ0n) is 9.26. The predicted molar refractivity (Wildman–Crippen MR) is 68.2 cm³/mol. The topological polar surface area (TPSA) is 30.2 Å². The van der Waals surface area contributed by atoms with Gasteiger partial charge >= 0.3 is 0 Å². The Hall–Kier alpha value is -1.87. The van der Waals surface area contributed by atoms with Crippen molar-refractivity contribution >= 4 is 17.2 Å². The molecule has 0 atom stereocenters. The predicted octanol–water partition coefficient (Wildman–Crippen LogP) is 3.36. The first-order chi connectivity index (χ1) is 8.24. The lowest BCUT2D eigenvalue weighted by Crippen LogP contribution is -1.89. The fraction of sp³-hybridized carbons (Fsp3) is 0.0769. The first-order valence-electron chi connectivity index (χ1n) is 5.31. The van der Waals surface area contributed by atoms with Crippen LogP contribution in [-0.2, 0) is 0 Å². The lowest BCUT2D eigenvalue weighted by Gasteiger charge is -2.01. The second kappa shape index (κ2) is 3.86. The summed E-state index contributed by atoms with van der Waals surface area (Å²) < 4.78 is 1.93. The van der Waals surface area contributed by atoms with E-state index in [1.807, 2.05) is 28.8 Å². The van der Waals surface area contributed by atoms with E-state index in [0.29, 0.717) is 5.02 Å². The molecule has 0 aliphatic carbocycles. The number of pyridine rings is 1. The van der Waals surface area contributed by atoms with E-state index in [-0.39, 0.29) is 0 Å². The van der Waals surface area contributed by atoms with E-state index in [4.69, 9.17) is 11.6 Å². The van der Waals surface area contributed by atoms with Crippen LogP contribution < -0.4 is 0 Å². The van der Waals surface area contributed by atoms with Gasteiger partial charge in [-0.3, -0.25) is 4.40 Å². The minimum absolute atomic E-state index is 0.667. The Kier molecular flexibility index (Phi) is 2.34. The molecule has 3 aromatic rings. The van der Waals surface area contributed by atoms with Crippen LogP contribution >= 0.6 is 11.6 Å². The van der Waals surface area contributed by atoms with Crippen molar-refractivity contribution in [1.29, 1.82) is 0 Å². The molecule has 3 rings (SSSR count). The smallest absolute Gasteiger partial charge is 0.168 e. The largest absolute Gasteiger partial charge is 0.282 e. The highest BCUT2D eigenvalue weighted by Gasteiger charge is 2.07. The van der Waals surface area contributed by atoms with E-state index in [1.165, 1.54) is 5.56 Å². The van der Waals surface area contributed by atoms with Gasteiger partial charge in [0.05, 0.1) is 0 Å². The fourth-order valence-corrected chi connectivity index (χ4v) is 2.00. The van der Waals surface area contributed by atoms with Crippen LogP contribution in [0, 0.1) is 6.92 Å². The minimum Gasteiger partial charge on any atom is -0.282 e. The molecule has 0 bridgehead atoms. The zero-order valence-corrected chi connectivity index (χ0v) is 10.0. The van der Waals surface area contributed by atoms with Crippen molar-refractivity contribution in [2.24, 2.45) is 0 Å². The van der Waals surface area contributed by atoms with Gasteiger partial charge in [0.15, 0.2) is 11.5 Å². The molecule has 0 saturated carbocycles. The first kappa shape index (κ1) is 10.3. The molecule has 0 aliphatic heterocycles. The maximum atomic E-state index is 5.92. The van der Waals surface area contributed by atoms with Gasteiger partial charge in [-0.15, -0.1) is 10.2 Å². The Balaban J connectivity index is 2.24. The van der Waals surface area contributed by atoms with Crippen LogP contribution in [0.4, 0.5) is 0 Å². The van der Waals surface area contributed by atoms with Crippen molar-refractivity contribution in [2.75, 3.05) is 0 Å². The Morgan fingerprint density at radius 2 is 2.00 bits per heavy atom. The van der Waals surface area contributed by atoms with E-state index >= 15 is 0 Å². The molecule has 84 valence electrons. The van der Waals surface area contributed by atoms with E-state index in [1.54, 1.807) is 6.07 Å². The van der Waals surface area contributed by atoms with Gasteiger partial charge < -0.3 is 0 Å². The molecule has 0 amide bonds. The third kappa shape index (κ3) is 1.78. The second-order valence-corrected chi connectivity index (χ2v) is 4.40. The van der Waals surface area contributed by atoms with Crippen molar-refractivity contribution in [3.8, 4) is 11.4 Å². The molecule has 0 radical (unpaired) electrons. The van der Waals surface area contributed by atoms with Crippen LogP contribution in [0.15, 0.2) is 42.6 Å². The van der Waals surface area contributed by atoms with Crippen LogP contribution in [-0.4, -0.2) is 14.6 Å². The molecule has 0 unspecified atom stereocenters. The highest BCUT2D eigenvalue weighted by Crippen LogP contribution is 2.20. The number of hydrogen-bond donors (Lipinski definition) is 0. The van der Waals surface area contributed by atoms with Crippen LogP contribution in [0.3, 0.4) is 0 Å². The average molecular weight is 244 g/mol. The lowest BCUT2D eigenvalue weighted by atomic mass is 10.1. The molecule has 0 saturated heterocycles. The quantitative estimate of drug-likeness (QED) is 0.656. The fourth-order valence-electron chi connectivity index (χ4n) is 1.85. The van der Waals surface area contributed by atoms with E-state index < -0.39 is 0 Å². The standard InChI is InChI=1S/C13H10ClN3/c1-9-3-2-4-10(7-9)13-16-15-12-8-11(14)5-6-17(12)13/h2-8H,1H3. The normalized spacial score (nSPS) is 10.9. The third-order valence-electron chi connectivity index (χ3n) is 2.65. The Morgan fingerprint density at radius 3 is 2.82 bits per heavy atom. The number of aryl methyl sites for hydroxylation is 1. The summed E-state index contributed by atoms with van der Waals surface area (Å²) in [5, 5.41) is 8.98. The van der Waals surface area contributed by atoms with Crippen LogP contribution in [0.2, 0.25) is 5.02 Å². The summed E-state index contributed by atoms with van der Waals surface area (Å²) in [6, 6.07) is 11.8. The molecule has 3 nitrogen and oxygen atoms in total. The number of nitrogens with zero attached hydrogens (tertiary/aromatic N) is 3. The zero-order chi connectivity index (χ0) is 11.8. The van der Waals surface area contributed by atoms with Gasteiger partial charge in [0.2, 0.25) is 0 Å². The maximum absolute atomic E-state index is 5.92. The Morgan fingerprint density at radius 1 is 1.12 bits per heavy atom. The minimum atomic E-state index is 0.667. The Labute approximate surface area is 104 Å². The summed E-state index contributed by atoms with van der Waals surface area (Å²) in [6.07, 6.45) is 1.88. The van der Waals surface area contributed by atoms with Gasteiger partial charge in [0.1, 0.15) is 0 Å². The van der Waals surface area contributed by atoms with Crippen molar-refractivity contribution in [2.45, 2.75) is 6.92 Å². The van der Waals surface area contributed by atoms with Crippen LogP contribution in [0.5, 0.6) is 0 Å². The van der Waals surface area contributed by atoms with E-state index in [9.17, 15) is 0 Å². The number of hydrogen-bond acceptors (Lipinski definition) is 2. The highest BCUT2D eigenvalue weighted by molar-refractivity contribution is 6.30. The summed E-state index contributed by atoms with van der Waals surface area (Å²) in [5.41, 5.74) is 3.02. The maximum Gasteiger partial charge on any atom is 0.168 e. The first-order valence-corrected chi connectivity index (χ1v) is 5.69. The SMILES string of the molecule is Cc1cccc(-c2nnc3cc(Cl)ccn23)c1. The number of fused-ring (bicyclic) bond motifs is 1. The van der Waals surface area contributed by atoms with Gasteiger partial charge in [-0.1, -0.05) is 35.4 Å². The summed E-state index contributed by atoms with van der Waals surface area (Å²) in [4.78, 5) is 0.